The third-order valence-corrected chi connectivity index (χ3v) is 7.73. The van der Waals surface area contributed by atoms with Gasteiger partial charge in [-0.2, -0.15) is 12.6 Å². The van der Waals surface area contributed by atoms with E-state index in [9.17, 15) is 18.9 Å². The summed E-state index contributed by atoms with van der Waals surface area (Å²) < 4.78 is 44.7. The Bertz CT molecular complexity index is 563. The van der Waals surface area contributed by atoms with Gasteiger partial charge in [0.15, 0.2) is 5.34 Å². The predicted octanol–water partition coefficient (Wildman–Crippen LogP) is 4.75. The highest BCUT2D eigenvalue weighted by Gasteiger charge is 2.46. The van der Waals surface area contributed by atoms with Crippen molar-refractivity contribution in [2.75, 3.05) is 13.7 Å². The Morgan fingerprint density at radius 2 is 1.63 bits per heavy atom. The molecule has 0 saturated heterocycles. The van der Waals surface area contributed by atoms with Gasteiger partial charge in [0.05, 0.1) is 18.3 Å². The molecule has 0 fully saturated rings. The van der Waals surface area contributed by atoms with Crippen molar-refractivity contribution in [1.82, 2.24) is 0 Å². The summed E-state index contributed by atoms with van der Waals surface area (Å²) in [4.78, 5) is 19.9. The third-order valence-electron chi connectivity index (χ3n) is 4.07. The lowest BCUT2D eigenvalue weighted by Gasteiger charge is -2.36. The summed E-state index contributed by atoms with van der Waals surface area (Å²) in [6, 6.07) is 0. The van der Waals surface area contributed by atoms with Gasteiger partial charge in [0.2, 0.25) is 0 Å². The van der Waals surface area contributed by atoms with Crippen molar-refractivity contribution in [3.8, 4) is 0 Å². The molecule has 0 spiro atoms. The summed E-state index contributed by atoms with van der Waals surface area (Å²) in [5.74, 6) is 0. The van der Waals surface area contributed by atoms with Crippen LogP contribution in [0.25, 0.3) is 0 Å². The number of hydrogen-bond donors (Lipinski definition) is 3. The van der Waals surface area contributed by atoms with Gasteiger partial charge >= 0.3 is 15.4 Å². The molecule has 27 heavy (non-hydrogen) atoms. The Balaban J connectivity index is 4.96. The van der Waals surface area contributed by atoms with E-state index in [-0.39, 0.29) is 24.2 Å². The number of phosphoric ester groups is 1. The van der Waals surface area contributed by atoms with Gasteiger partial charge in [0.1, 0.15) is 0 Å². The molecule has 4 atom stereocenters. The van der Waals surface area contributed by atoms with E-state index < -0.39 is 32.5 Å². The van der Waals surface area contributed by atoms with Crippen molar-refractivity contribution in [3.63, 3.8) is 0 Å². The molecule has 0 saturated carbocycles. The van der Waals surface area contributed by atoms with Gasteiger partial charge in [-0.05, 0) is 47.0 Å². The van der Waals surface area contributed by atoms with Gasteiger partial charge in [-0.15, -0.1) is 0 Å². The molecular weight excluding hydrogens is 414 g/mol. The number of rotatable bonds is 13. The number of hydrogen-bond acceptors (Lipinski definition) is 7. The quantitative estimate of drug-likeness (QED) is 0.272. The fourth-order valence-corrected chi connectivity index (χ4v) is 4.88. The zero-order valence-electron chi connectivity index (χ0n) is 17.6. The van der Waals surface area contributed by atoms with E-state index in [1.165, 1.54) is 6.92 Å². The van der Waals surface area contributed by atoms with Crippen molar-refractivity contribution < 1.29 is 37.2 Å². The molecule has 0 aromatic rings. The molecule has 0 aliphatic carbocycles. The van der Waals surface area contributed by atoms with Gasteiger partial charge < -0.3 is 19.0 Å². The maximum Gasteiger partial charge on any atom is 0.472 e. The molecule has 4 unspecified atom stereocenters. The predicted molar refractivity (Wildman–Crippen MR) is 109 cm³/mol. The summed E-state index contributed by atoms with van der Waals surface area (Å²) >= 11 is 4.42. The van der Waals surface area contributed by atoms with E-state index in [0.717, 1.165) is 7.11 Å². The van der Waals surface area contributed by atoms with Gasteiger partial charge in [-0.3, -0.25) is 13.6 Å². The average molecular weight is 450 g/mol. The topological polar surface area (TPSA) is 112 Å². The van der Waals surface area contributed by atoms with Crippen LogP contribution in [0.15, 0.2) is 0 Å². The Morgan fingerprint density at radius 3 is 2.04 bits per heavy atom. The van der Waals surface area contributed by atoms with Crippen LogP contribution in [0.3, 0.4) is 0 Å². The van der Waals surface area contributed by atoms with Crippen LogP contribution < -0.4 is 0 Å². The highest BCUT2D eigenvalue weighted by Crippen LogP contribution is 2.59. The monoisotopic (exact) mass is 450 g/mol. The molecule has 0 aromatic heterocycles. The minimum atomic E-state index is -4.15. The third kappa shape index (κ3) is 10.2. The first-order valence-electron chi connectivity index (χ1n) is 8.85. The van der Waals surface area contributed by atoms with Crippen LogP contribution in [0.1, 0.15) is 67.7 Å². The lowest BCUT2D eigenvalue weighted by Crippen LogP contribution is -2.34. The Kier molecular flexibility index (Phi) is 10.3. The largest absolute Gasteiger partial charge is 0.472 e. The maximum atomic E-state index is 12.8. The van der Waals surface area contributed by atoms with Gasteiger partial charge in [0, 0.05) is 11.9 Å². The lowest BCUT2D eigenvalue weighted by atomic mass is 10.1. The highest BCUT2D eigenvalue weighted by molar-refractivity contribution is 7.81. The van der Waals surface area contributed by atoms with Gasteiger partial charge in [-0.1, -0.05) is 20.8 Å². The molecule has 0 rings (SSSR count). The first kappa shape index (κ1) is 27.6. The zero-order valence-corrected chi connectivity index (χ0v) is 20.3. The van der Waals surface area contributed by atoms with Gasteiger partial charge in [0.25, 0.3) is 0 Å². The lowest BCUT2D eigenvalue weighted by molar-refractivity contribution is -0.0324. The van der Waals surface area contributed by atoms with Crippen molar-refractivity contribution in [1.29, 1.82) is 0 Å². The van der Waals surface area contributed by atoms with Crippen molar-refractivity contribution in [3.05, 3.63) is 0 Å². The SMILES string of the molecule is CCC(C)(OCCC(C)(C)OP(=O)(O)OC)P(=O)(O)OC(C)CC(C)(C)S. The smallest absolute Gasteiger partial charge is 0.363 e. The van der Waals surface area contributed by atoms with Crippen molar-refractivity contribution >= 4 is 28.0 Å². The molecule has 0 heterocycles. The average Bonchev–Trinajstić information content (AvgIpc) is 2.42. The van der Waals surface area contributed by atoms with E-state index in [2.05, 4.69) is 17.2 Å². The molecule has 2 N–H and O–H groups in total. The van der Waals surface area contributed by atoms with Crippen LogP contribution in [0.4, 0.5) is 0 Å². The van der Waals surface area contributed by atoms with Crippen LogP contribution in [-0.2, 0) is 27.4 Å². The molecule has 0 amide bonds. The second-order valence-electron chi connectivity index (χ2n) is 8.08. The first-order valence-corrected chi connectivity index (χ1v) is 12.4. The van der Waals surface area contributed by atoms with Crippen LogP contribution in [0, 0.1) is 0 Å². The van der Waals surface area contributed by atoms with Crippen LogP contribution >= 0.6 is 28.0 Å². The molecule has 8 nitrogen and oxygen atoms in total. The summed E-state index contributed by atoms with van der Waals surface area (Å²) in [7, 11) is -7.18. The van der Waals surface area contributed by atoms with E-state index >= 15 is 0 Å². The molecule has 0 radical (unpaired) electrons. The van der Waals surface area contributed by atoms with Crippen molar-refractivity contribution in [2.45, 2.75) is 89.5 Å². The maximum absolute atomic E-state index is 12.8. The molecule has 0 aromatic carbocycles. The van der Waals surface area contributed by atoms with Crippen molar-refractivity contribution in [2.24, 2.45) is 0 Å². The second kappa shape index (κ2) is 10.1. The first-order chi connectivity index (χ1) is 11.9. The minimum Gasteiger partial charge on any atom is -0.363 e. The van der Waals surface area contributed by atoms with Crippen LogP contribution in [-0.4, -0.2) is 45.3 Å². The van der Waals surface area contributed by atoms with E-state index in [4.69, 9.17) is 13.8 Å². The molecular formula is C16H36O8P2S. The second-order valence-corrected chi connectivity index (χ2v) is 13.0. The minimum absolute atomic E-state index is 0.0292. The van der Waals surface area contributed by atoms with Crippen LogP contribution in [0.5, 0.6) is 0 Å². The highest BCUT2D eigenvalue weighted by atomic mass is 32.1. The molecule has 0 bridgehead atoms. The Morgan fingerprint density at radius 1 is 1.11 bits per heavy atom. The summed E-state index contributed by atoms with van der Waals surface area (Å²) in [5, 5.41) is -1.41. The van der Waals surface area contributed by atoms with Crippen LogP contribution in [0.2, 0.25) is 0 Å². The molecule has 0 aliphatic rings. The Labute approximate surface area is 168 Å². The number of thiol groups is 1. The standard InChI is InChI=1S/C16H36O8P2S/c1-9-16(7,25(17,18)23-13(2)12-15(5,6)27)22-11-10-14(3,4)24-26(19,20)21-8/h13,27H,9-12H2,1-8H3,(H,17,18)(H,19,20). The number of ether oxygens (including phenoxy) is 1. The van der Waals surface area contributed by atoms with E-state index in [1.54, 1.807) is 27.7 Å². The molecule has 0 aliphatic heterocycles. The number of phosphoric acid groups is 1. The van der Waals surface area contributed by atoms with Gasteiger partial charge in [-0.25, -0.2) is 4.57 Å². The summed E-state index contributed by atoms with van der Waals surface area (Å²) in [5.41, 5.74) is -1.03. The molecule has 164 valence electrons. The summed E-state index contributed by atoms with van der Waals surface area (Å²) in [6.07, 6.45) is 0.458. The Hall–Kier alpha value is 0.570. The fourth-order valence-electron chi connectivity index (χ4n) is 2.39. The summed E-state index contributed by atoms with van der Waals surface area (Å²) in [6.45, 7) is 12.0. The molecule has 11 heteroatoms. The zero-order chi connectivity index (χ0) is 21.7. The normalized spacial score (nSPS) is 21.1. The van der Waals surface area contributed by atoms with E-state index in [1.807, 2.05) is 13.8 Å². The van der Waals surface area contributed by atoms with E-state index in [0.29, 0.717) is 6.42 Å². The fraction of sp³-hybridized carbons (Fsp3) is 1.00.